The van der Waals surface area contributed by atoms with Crippen molar-refractivity contribution in [1.82, 2.24) is 25.1 Å². The molecular weight excluding hydrogens is 432 g/mol. The van der Waals surface area contributed by atoms with Crippen LogP contribution in [0.25, 0.3) is 20.8 Å². The van der Waals surface area contributed by atoms with Gasteiger partial charge in [0, 0.05) is 59.1 Å². The zero-order valence-electron chi connectivity index (χ0n) is 17.3. The summed E-state index contributed by atoms with van der Waals surface area (Å²) in [6, 6.07) is 1.98. The van der Waals surface area contributed by atoms with Gasteiger partial charge in [0.1, 0.15) is 15.5 Å². The fourth-order valence-corrected chi connectivity index (χ4v) is 6.29. The zero-order valence-corrected chi connectivity index (χ0v) is 18.9. The van der Waals surface area contributed by atoms with Crippen LogP contribution in [-0.2, 0) is 22.6 Å². The number of hydrogen-bond acceptors (Lipinski definition) is 8. The first kappa shape index (κ1) is 20.5. The summed E-state index contributed by atoms with van der Waals surface area (Å²) in [4.78, 5) is 38.7. The number of thiophene rings is 1. The summed E-state index contributed by atoms with van der Waals surface area (Å²) in [6.45, 7) is 4.22. The number of rotatable bonds is 5. The maximum atomic E-state index is 12.8. The fraction of sp³-hybridized carbons (Fsp3) is 0.429. The number of amides is 2. The van der Waals surface area contributed by atoms with Crippen LogP contribution in [0.3, 0.4) is 0 Å². The molecule has 2 aliphatic rings. The van der Waals surface area contributed by atoms with Gasteiger partial charge in [0.2, 0.25) is 11.8 Å². The minimum absolute atomic E-state index is 0. The Kier molecular flexibility index (Phi) is 5.70. The number of aromatic nitrogens is 2. The number of nitrogens with zero attached hydrogens (tertiary/aromatic N) is 4. The molecule has 0 radical (unpaired) electrons. The van der Waals surface area contributed by atoms with Crippen molar-refractivity contribution in [2.24, 2.45) is 0 Å². The molecule has 1 fully saturated rings. The Hall–Kier alpha value is -2.40. The van der Waals surface area contributed by atoms with Gasteiger partial charge in [-0.05, 0) is 24.6 Å². The number of nitrogens with one attached hydrogen (secondary N) is 2. The molecule has 0 aliphatic carbocycles. The van der Waals surface area contributed by atoms with Crippen molar-refractivity contribution < 1.29 is 12.4 Å². The minimum atomic E-state index is -0.0260. The van der Waals surface area contributed by atoms with Crippen LogP contribution in [0.2, 0.25) is 0 Å². The Bertz CT molecular complexity index is 1120. The third kappa shape index (κ3) is 4.20. The number of thiazole rings is 1. The van der Waals surface area contributed by atoms with Gasteiger partial charge in [-0.15, -0.1) is 22.7 Å². The summed E-state index contributed by atoms with van der Waals surface area (Å²) in [5.41, 5.74) is 3.23. The molecule has 31 heavy (non-hydrogen) atoms. The molecule has 2 N–H and O–H groups in total. The standard InChI is InChI=1S/C21H24N6O2S2.2H2/c1-26-8-9-27(12-18(26)29)7-4-17(28)25-21-19(13-2-5-23-11-16(13)31-21)20-24-14-10-22-6-3-15(14)30-20;;/h3,6,10,23H,2,4-5,7-9,11-12H2,1H3,(H,25,28);2*1H. The number of carbonyl (C=O) groups is 2. The van der Waals surface area contributed by atoms with Crippen molar-refractivity contribution in [3.63, 3.8) is 0 Å². The second kappa shape index (κ2) is 8.62. The molecule has 0 unspecified atom stereocenters. The van der Waals surface area contributed by atoms with E-state index in [0.29, 0.717) is 26.1 Å². The smallest absolute Gasteiger partial charge is 0.236 e. The molecule has 0 saturated carbocycles. The molecule has 8 nitrogen and oxygen atoms in total. The molecule has 10 heteroatoms. The van der Waals surface area contributed by atoms with Crippen molar-refractivity contribution in [3.8, 4) is 10.6 Å². The summed E-state index contributed by atoms with van der Waals surface area (Å²) >= 11 is 3.28. The second-order valence-corrected chi connectivity index (χ2v) is 10.0. The molecular formula is C21H28N6O2S2. The van der Waals surface area contributed by atoms with Gasteiger partial charge < -0.3 is 15.5 Å². The highest BCUT2D eigenvalue weighted by Crippen LogP contribution is 2.44. The van der Waals surface area contributed by atoms with Crippen molar-refractivity contribution in [3.05, 3.63) is 28.9 Å². The molecule has 0 aromatic carbocycles. The quantitative estimate of drug-likeness (QED) is 0.608. The minimum Gasteiger partial charge on any atom is -0.343 e. The van der Waals surface area contributed by atoms with Crippen molar-refractivity contribution >= 4 is 49.7 Å². The van der Waals surface area contributed by atoms with Crippen LogP contribution in [0.1, 0.15) is 19.7 Å². The average molecular weight is 461 g/mol. The Labute approximate surface area is 191 Å². The van der Waals surface area contributed by atoms with Crippen LogP contribution in [0.5, 0.6) is 0 Å². The number of piperazine rings is 1. The van der Waals surface area contributed by atoms with Crippen molar-refractivity contribution in [2.75, 3.05) is 45.1 Å². The molecule has 166 valence electrons. The molecule has 2 amide bonds. The summed E-state index contributed by atoms with van der Waals surface area (Å²) in [7, 11) is 1.82. The van der Waals surface area contributed by atoms with E-state index < -0.39 is 0 Å². The first-order valence-corrected chi connectivity index (χ1v) is 12.0. The van der Waals surface area contributed by atoms with Gasteiger partial charge in [-0.3, -0.25) is 19.5 Å². The lowest BCUT2D eigenvalue weighted by molar-refractivity contribution is -0.134. The van der Waals surface area contributed by atoms with Gasteiger partial charge in [-0.1, -0.05) is 0 Å². The number of anilines is 1. The summed E-state index contributed by atoms with van der Waals surface area (Å²) in [5.74, 6) is 0.0830. The Balaban J connectivity index is 0.00000153. The monoisotopic (exact) mass is 460 g/mol. The van der Waals surface area contributed by atoms with E-state index in [2.05, 4.69) is 15.6 Å². The maximum absolute atomic E-state index is 12.8. The van der Waals surface area contributed by atoms with Crippen LogP contribution in [-0.4, -0.2) is 71.4 Å². The Morgan fingerprint density at radius 3 is 3.10 bits per heavy atom. The van der Waals surface area contributed by atoms with Crippen molar-refractivity contribution in [1.29, 1.82) is 0 Å². The van der Waals surface area contributed by atoms with Gasteiger partial charge in [-0.2, -0.15) is 0 Å². The first-order valence-electron chi connectivity index (χ1n) is 10.4. The summed E-state index contributed by atoms with van der Waals surface area (Å²) in [6.07, 6.45) is 4.85. The molecule has 1 saturated heterocycles. The maximum Gasteiger partial charge on any atom is 0.236 e. The van der Waals surface area contributed by atoms with Crippen molar-refractivity contribution in [2.45, 2.75) is 19.4 Å². The van der Waals surface area contributed by atoms with E-state index in [9.17, 15) is 9.59 Å². The van der Waals surface area contributed by atoms with E-state index in [0.717, 1.165) is 51.8 Å². The molecule has 0 bridgehead atoms. The van der Waals surface area contributed by atoms with Gasteiger partial charge in [0.05, 0.1) is 17.4 Å². The molecule has 2 aliphatic heterocycles. The zero-order chi connectivity index (χ0) is 21.4. The highest BCUT2D eigenvalue weighted by molar-refractivity contribution is 7.22. The lowest BCUT2D eigenvalue weighted by atomic mass is 10.0. The van der Waals surface area contributed by atoms with Crippen LogP contribution >= 0.6 is 22.7 Å². The third-order valence-corrected chi connectivity index (χ3v) is 7.98. The summed E-state index contributed by atoms with van der Waals surface area (Å²) in [5, 5.41) is 8.38. The van der Waals surface area contributed by atoms with Crippen LogP contribution < -0.4 is 10.6 Å². The molecule has 0 spiro atoms. The highest BCUT2D eigenvalue weighted by atomic mass is 32.1. The molecule has 5 rings (SSSR count). The lowest BCUT2D eigenvalue weighted by Gasteiger charge is -2.31. The molecule has 5 heterocycles. The Morgan fingerprint density at radius 2 is 2.26 bits per heavy atom. The van der Waals surface area contributed by atoms with Crippen LogP contribution in [0.4, 0.5) is 5.00 Å². The average Bonchev–Trinajstić information content (AvgIpc) is 3.35. The number of likely N-dealkylation sites (N-methyl/N-ethyl adjacent to an activating group) is 1. The predicted octanol–water partition coefficient (Wildman–Crippen LogP) is 2.66. The number of hydrogen-bond donors (Lipinski definition) is 2. The number of pyridine rings is 1. The van der Waals surface area contributed by atoms with E-state index in [1.807, 2.05) is 18.0 Å². The topological polar surface area (TPSA) is 90.5 Å². The predicted molar refractivity (Wildman–Crippen MR) is 128 cm³/mol. The van der Waals surface area contributed by atoms with Gasteiger partial charge >= 0.3 is 0 Å². The first-order chi connectivity index (χ1) is 15.1. The van der Waals surface area contributed by atoms with Gasteiger partial charge in [0.25, 0.3) is 0 Å². The van der Waals surface area contributed by atoms with E-state index in [4.69, 9.17) is 4.98 Å². The number of fused-ring (bicyclic) bond motifs is 2. The van der Waals surface area contributed by atoms with E-state index >= 15 is 0 Å². The van der Waals surface area contributed by atoms with Crippen LogP contribution in [0, 0.1) is 0 Å². The largest absolute Gasteiger partial charge is 0.343 e. The lowest BCUT2D eigenvalue weighted by Crippen LogP contribution is -2.49. The fourth-order valence-electron chi connectivity index (χ4n) is 3.98. The summed E-state index contributed by atoms with van der Waals surface area (Å²) < 4.78 is 1.09. The van der Waals surface area contributed by atoms with Gasteiger partial charge in [0.15, 0.2) is 0 Å². The third-order valence-electron chi connectivity index (χ3n) is 5.78. The highest BCUT2D eigenvalue weighted by Gasteiger charge is 2.26. The molecule has 3 aromatic heterocycles. The molecule has 3 aromatic rings. The normalized spacial score (nSPS) is 17.2. The van der Waals surface area contributed by atoms with E-state index in [1.165, 1.54) is 10.4 Å². The SMILES string of the molecule is CN1CCN(CCC(=O)Nc2sc3c(c2-c2nc4cnccc4s2)CCNC3)CC1=O.[HH].[HH]. The van der Waals surface area contributed by atoms with Gasteiger partial charge in [-0.25, -0.2) is 4.98 Å². The van der Waals surface area contributed by atoms with E-state index in [1.54, 1.807) is 40.0 Å². The van der Waals surface area contributed by atoms with E-state index in [-0.39, 0.29) is 14.7 Å². The molecule has 0 atom stereocenters. The Morgan fingerprint density at radius 1 is 1.35 bits per heavy atom. The second-order valence-electron chi connectivity index (χ2n) is 7.89. The van der Waals surface area contributed by atoms with Crippen LogP contribution in [0.15, 0.2) is 18.5 Å². The number of carbonyl (C=O) groups excluding carboxylic acids is 2.